The largest absolute Gasteiger partial charge is 0.497 e. The van der Waals surface area contributed by atoms with Crippen LogP contribution in [0.25, 0.3) is 0 Å². The van der Waals surface area contributed by atoms with Gasteiger partial charge < -0.3 is 10.1 Å². The third-order valence-electron chi connectivity index (χ3n) is 4.88. The van der Waals surface area contributed by atoms with Crippen LogP contribution in [0.15, 0.2) is 71.1 Å². The standard InChI is InChI=1S/C22H26N2O4S/c1-28-20-12-14-21(15-13-20)29(26,27)24(19-10-6-3-7-11-19)17-22(25)23-16-18-8-4-2-5-9-18/h3,6-8,10-15H,2,4-5,9,16-17H2,1H3,(H,23,25). The molecular formula is C22H26N2O4S. The van der Waals surface area contributed by atoms with Crippen molar-refractivity contribution >= 4 is 21.6 Å². The Kier molecular flexibility index (Phi) is 6.93. The molecule has 0 aromatic heterocycles. The summed E-state index contributed by atoms with van der Waals surface area (Å²) in [5, 5.41) is 2.86. The van der Waals surface area contributed by atoms with Gasteiger partial charge in [0.05, 0.1) is 17.7 Å². The molecule has 0 saturated carbocycles. The van der Waals surface area contributed by atoms with Gasteiger partial charge in [0, 0.05) is 6.54 Å². The highest BCUT2D eigenvalue weighted by Gasteiger charge is 2.27. The topological polar surface area (TPSA) is 75.7 Å². The molecular weight excluding hydrogens is 388 g/mol. The van der Waals surface area contributed by atoms with Gasteiger partial charge in [-0.2, -0.15) is 0 Å². The molecule has 0 radical (unpaired) electrons. The maximum atomic E-state index is 13.3. The fraction of sp³-hybridized carbons (Fsp3) is 0.318. The molecule has 0 fully saturated rings. The van der Waals surface area contributed by atoms with Crippen molar-refractivity contribution in [2.45, 2.75) is 30.6 Å². The maximum Gasteiger partial charge on any atom is 0.264 e. The minimum atomic E-state index is -3.92. The number of allylic oxidation sites excluding steroid dienone is 1. The molecule has 0 spiro atoms. The lowest BCUT2D eigenvalue weighted by atomic mass is 10.00. The number of para-hydroxylation sites is 1. The Bertz CT molecular complexity index is 954. The predicted octanol–water partition coefficient (Wildman–Crippen LogP) is 3.51. The van der Waals surface area contributed by atoms with Crippen LogP contribution in [0, 0.1) is 0 Å². The first-order valence-electron chi connectivity index (χ1n) is 9.67. The highest BCUT2D eigenvalue weighted by Crippen LogP contribution is 2.25. The van der Waals surface area contributed by atoms with E-state index < -0.39 is 10.0 Å². The predicted molar refractivity (Wildman–Crippen MR) is 114 cm³/mol. The summed E-state index contributed by atoms with van der Waals surface area (Å²) >= 11 is 0. The molecule has 2 aromatic carbocycles. The Morgan fingerprint density at radius 2 is 1.79 bits per heavy atom. The number of carbonyl (C=O) groups is 1. The monoisotopic (exact) mass is 414 g/mol. The number of nitrogens with zero attached hydrogens (tertiary/aromatic N) is 1. The number of carbonyl (C=O) groups excluding carboxylic acids is 1. The molecule has 0 saturated heterocycles. The molecule has 1 amide bonds. The van der Waals surface area contributed by atoms with Gasteiger partial charge in [-0.3, -0.25) is 9.10 Å². The van der Waals surface area contributed by atoms with E-state index in [1.54, 1.807) is 42.5 Å². The third kappa shape index (κ3) is 5.38. The first-order chi connectivity index (χ1) is 14.0. The summed E-state index contributed by atoms with van der Waals surface area (Å²) in [6.07, 6.45) is 6.48. The van der Waals surface area contributed by atoms with Gasteiger partial charge in [-0.25, -0.2) is 8.42 Å². The van der Waals surface area contributed by atoms with Crippen LogP contribution >= 0.6 is 0 Å². The van der Waals surface area contributed by atoms with E-state index in [1.165, 1.54) is 31.2 Å². The third-order valence-corrected chi connectivity index (χ3v) is 6.66. The van der Waals surface area contributed by atoms with Crippen molar-refractivity contribution in [3.63, 3.8) is 0 Å². The number of methoxy groups -OCH3 is 1. The van der Waals surface area contributed by atoms with Crippen LogP contribution in [0.4, 0.5) is 5.69 Å². The van der Waals surface area contributed by atoms with E-state index >= 15 is 0 Å². The Hall–Kier alpha value is -2.80. The van der Waals surface area contributed by atoms with E-state index in [9.17, 15) is 13.2 Å². The zero-order valence-corrected chi connectivity index (χ0v) is 17.3. The molecule has 0 aliphatic heterocycles. The van der Waals surface area contributed by atoms with Crippen molar-refractivity contribution in [3.8, 4) is 5.75 Å². The number of anilines is 1. The SMILES string of the molecule is COc1ccc(S(=O)(=O)N(CC(=O)NCC2=CCCCC2)c2ccccc2)cc1. The summed E-state index contributed by atoms with van der Waals surface area (Å²) in [4.78, 5) is 12.7. The van der Waals surface area contributed by atoms with E-state index in [0.29, 0.717) is 18.0 Å². The second-order valence-corrected chi connectivity index (χ2v) is 8.77. The molecule has 7 heteroatoms. The fourth-order valence-electron chi connectivity index (χ4n) is 3.25. The minimum absolute atomic E-state index is 0.102. The van der Waals surface area contributed by atoms with Crippen LogP contribution in [0.5, 0.6) is 5.75 Å². The van der Waals surface area contributed by atoms with E-state index in [0.717, 1.165) is 23.6 Å². The van der Waals surface area contributed by atoms with Crippen LogP contribution in [0.3, 0.4) is 0 Å². The number of nitrogens with one attached hydrogen (secondary N) is 1. The number of ether oxygens (including phenoxy) is 1. The van der Waals surface area contributed by atoms with Gasteiger partial charge >= 0.3 is 0 Å². The Labute approximate surface area is 172 Å². The average molecular weight is 415 g/mol. The van der Waals surface area contributed by atoms with Gasteiger partial charge in [-0.1, -0.05) is 29.8 Å². The average Bonchev–Trinajstić information content (AvgIpc) is 2.77. The van der Waals surface area contributed by atoms with Crippen molar-refractivity contribution < 1.29 is 17.9 Å². The quantitative estimate of drug-likeness (QED) is 0.671. The molecule has 6 nitrogen and oxygen atoms in total. The van der Waals surface area contributed by atoms with Crippen LogP contribution in [-0.4, -0.2) is 34.5 Å². The summed E-state index contributed by atoms with van der Waals surface area (Å²) in [6.45, 7) is 0.176. The van der Waals surface area contributed by atoms with Gasteiger partial charge in [-0.05, 0) is 62.1 Å². The van der Waals surface area contributed by atoms with Crippen molar-refractivity contribution in [1.29, 1.82) is 0 Å². The number of hydrogen-bond donors (Lipinski definition) is 1. The molecule has 0 heterocycles. The van der Waals surface area contributed by atoms with Crippen LogP contribution < -0.4 is 14.4 Å². The number of hydrogen-bond acceptors (Lipinski definition) is 4. The van der Waals surface area contributed by atoms with Gasteiger partial charge in [0.25, 0.3) is 10.0 Å². The number of amides is 1. The Morgan fingerprint density at radius 3 is 2.41 bits per heavy atom. The van der Waals surface area contributed by atoms with E-state index in [1.807, 2.05) is 0 Å². The van der Waals surface area contributed by atoms with Gasteiger partial charge in [-0.15, -0.1) is 0 Å². The molecule has 3 rings (SSSR count). The lowest BCUT2D eigenvalue weighted by Gasteiger charge is -2.24. The van der Waals surface area contributed by atoms with Gasteiger partial charge in [0.1, 0.15) is 12.3 Å². The van der Waals surface area contributed by atoms with Crippen molar-refractivity contribution in [2.24, 2.45) is 0 Å². The van der Waals surface area contributed by atoms with Crippen LogP contribution in [0.1, 0.15) is 25.7 Å². The molecule has 154 valence electrons. The second-order valence-electron chi connectivity index (χ2n) is 6.91. The highest BCUT2D eigenvalue weighted by molar-refractivity contribution is 7.92. The highest BCUT2D eigenvalue weighted by atomic mass is 32.2. The molecule has 1 aliphatic rings. The lowest BCUT2D eigenvalue weighted by Crippen LogP contribution is -2.41. The number of benzene rings is 2. The normalized spacial score (nSPS) is 14.0. The molecule has 2 aromatic rings. The zero-order chi connectivity index (χ0) is 20.7. The number of sulfonamides is 1. The van der Waals surface area contributed by atoms with Crippen LogP contribution in [-0.2, 0) is 14.8 Å². The van der Waals surface area contributed by atoms with Crippen molar-refractivity contribution in [1.82, 2.24) is 5.32 Å². The van der Waals surface area contributed by atoms with E-state index in [4.69, 9.17) is 4.74 Å². The molecule has 0 atom stereocenters. The van der Waals surface area contributed by atoms with Crippen molar-refractivity contribution in [3.05, 3.63) is 66.2 Å². The maximum absolute atomic E-state index is 13.3. The first-order valence-corrected chi connectivity index (χ1v) is 11.1. The zero-order valence-electron chi connectivity index (χ0n) is 16.5. The first kappa shape index (κ1) is 20.9. The number of rotatable bonds is 8. The summed E-state index contributed by atoms with van der Waals surface area (Å²) in [5.74, 6) is 0.228. The minimum Gasteiger partial charge on any atom is -0.497 e. The van der Waals surface area contributed by atoms with Gasteiger partial charge in [0.15, 0.2) is 0 Å². The molecule has 29 heavy (non-hydrogen) atoms. The molecule has 1 N–H and O–H groups in total. The summed E-state index contributed by atoms with van der Waals surface area (Å²) < 4.78 is 32.8. The van der Waals surface area contributed by atoms with Crippen molar-refractivity contribution in [2.75, 3.05) is 24.5 Å². The fourth-order valence-corrected chi connectivity index (χ4v) is 4.67. The molecule has 0 bridgehead atoms. The smallest absolute Gasteiger partial charge is 0.264 e. The van der Waals surface area contributed by atoms with Crippen LogP contribution in [0.2, 0.25) is 0 Å². The summed E-state index contributed by atoms with van der Waals surface area (Å²) in [5.41, 5.74) is 1.64. The second kappa shape index (κ2) is 9.60. The Balaban J connectivity index is 1.80. The Morgan fingerprint density at radius 1 is 1.07 bits per heavy atom. The summed E-state index contributed by atoms with van der Waals surface area (Å²) in [6, 6.07) is 14.8. The molecule has 1 aliphatic carbocycles. The molecule has 0 unspecified atom stereocenters. The van der Waals surface area contributed by atoms with E-state index in [-0.39, 0.29) is 17.3 Å². The lowest BCUT2D eigenvalue weighted by molar-refractivity contribution is -0.119. The summed E-state index contributed by atoms with van der Waals surface area (Å²) in [7, 11) is -2.40. The van der Waals surface area contributed by atoms with E-state index in [2.05, 4.69) is 11.4 Å². The van der Waals surface area contributed by atoms with Gasteiger partial charge in [0.2, 0.25) is 5.91 Å².